The van der Waals surface area contributed by atoms with Gasteiger partial charge in [-0.25, -0.2) is 0 Å². The van der Waals surface area contributed by atoms with Crippen LogP contribution in [-0.4, -0.2) is 32.1 Å². The maximum atomic E-state index is 13.1. The normalized spacial score (nSPS) is 24.4. The first-order valence-electron chi connectivity index (χ1n) is 7.93. The van der Waals surface area contributed by atoms with E-state index in [1.165, 1.54) is 0 Å². The average molecular weight is 322 g/mol. The van der Waals surface area contributed by atoms with Crippen LogP contribution in [-0.2, 0) is 6.42 Å². The zero-order chi connectivity index (χ0) is 16.7. The molecule has 5 heteroatoms. The van der Waals surface area contributed by atoms with Crippen LogP contribution in [0.1, 0.15) is 27.4 Å². The lowest BCUT2D eigenvalue weighted by molar-refractivity contribution is 0.0897. The highest BCUT2D eigenvalue weighted by Crippen LogP contribution is 2.47. The van der Waals surface area contributed by atoms with Gasteiger partial charge in [-0.05, 0) is 23.3 Å². The van der Waals surface area contributed by atoms with Gasteiger partial charge in [0.2, 0.25) is 0 Å². The molecular weight excluding hydrogens is 304 g/mol. The Hall–Kier alpha value is -2.69. The van der Waals surface area contributed by atoms with Crippen LogP contribution in [0.2, 0.25) is 0 Å². The molecule has 0 unspecified atom stereocenters. The minimum absolute atomic E-state index is 0.0686. The number of fused-ring (bicyclic) bond motifs is 1. The Morgan fingerprint density at radius 3 is 2.62 bits per heavy atom. The number of methoxy groups -OCH3 is 2. The Kier molecular flexibility index (Phi) is 3.37. The molecule has 0 amide bonds. The molecule has 2 aliphatic rings. The summed E-state index contributed by atoms with van der Waals surface area (Å²) in [7, 11) is 3.22. The molecule has 2 atom stereocenters. The molecule has 0 radical (unpaired) electrons. The van der Waals surface area contributed by atoms with E-state index in [1.54, 1.807) is 14.2 Å². The lowest BCUT2D eigenvalue weighted by Gasteiger charge is -2.26. The highest BCUT2D eigenvalue weighted by atomic mass is 16.5. The first-order chi connectivity index (χ1) is 11.7. The Balaban J connectivity index is 1.77. The van der Waals surface area contributed by atoms with Crippen molar-refractivity contribution >= 4 is 5.78 Å². The predicted octanol–water partition coefficient (Wildman–Crippen LogP) is 3.43. The van der Waals surface area contributed by atoms with E-state index in [0.29, 0.717) is 24.5 Å². The molecule has 2 aromatic rings. The van der Waals surface area contributed by atoms with Crippen molar-refractivity contribution in [1.82, 2.24) is 0 Å². The van der Waals surface area contributed by atoms with E-state index in [-0.39, 0.29) is 11.7 Å². The van der Waals surface area contributed by atoms with Crippen LogP contribution >= 0.6 is 0 Å². The van der Waals surface area contributed by atoms with Gasteiger partial charge in [0.05, 0.1) is 20.8 Å². The second kappa shape index (κ2) is 5.44. The maximum Gasteiger partial charge on any atom is 0.193 e. The number of carbonyl (C=O) groups excluding carboxylic acids is 1. The summed E-state index contributed by atoms with van der Waals surface area (Å²) in [5, 5.41) is 8.66. The van der Waals surface area contributed by atoms with Gasteiger partial charge in [0.1, 0.15) is 0 Å². The summed E-state index contributed by atoms with van der Waals surface area (Å²) in [4.78, 5) is 13.1. The molecule has 0 bridgehead atoms. The van der Waals surface area contributed by atoms with Crippen LogP contribution in [0.5, 0.6) is 11.5 Å². The molecule has 0 fully saturated rings. The summed E-state index contributed by atoms with van der Waals surface area (Å²) in [5.74, 6) is 1.31. The van der Waals surface area contributed by atoms with Crippen LogP contribution < -0.4 is 9.47 Å². The van der Waals surface area contributed by atoms with Gasteiger partial charge in [-0.2, -0.15) is 10.2 Å². The third kappa shape index (κ3) is 1.97. The number of azo groups is 1. The summed E-state index contributed by atoms with van der Waals surface area (Å²) in [6, 6.07) is 13.5. The van der Waals surface area contributed by atoms with Gasteiger partial charge in [-0.3, -0.25) is 4.79 Å². The molecule has 1 aliphatic carbocycles. The van der Waals surface area contributed by atoms with Crippen LogP contribution in [0.25, 0.3) is 0 Å². The average Bonchev–Trinajstić information content (AvgIpc) is 3.17. The lowest BCUT2D eigenvalue weighted by Crippen LogP contribution is -2.38. The van der Waals surface area contributed by atoms with Crippen molar-refractivity contribution < 1.29 is 14.3 Å². The van der Waals surface area contributed by atoms with Crippen molar-refractivity contribution in [3.05, 3.63) is 59.2 Å². The van der Waals surface area contributed by atoms with E-state index >= 15 is 0 Å². The smallest absolute Gasteiger partial charge is 0.193 e. The van der Waals surface area contributed by atoms with Crippen LogP contribution in [0.4, 0.5) is 0 Å². The number of nitrogens with zero attached hydrogens (tertiary/aromatic N) is 2. The highest BCUT2D eigenvalue weighted by Gasteiger charge is 2.54. The van der Waals surface area contributed by atoms with E-state index in [0.717, 1.165) is 16.7 Å². The van der Waals surface area contributed by atoms with Gasteiger partial charge in [0.25, 0.3) is 0 Å². The number of carbonyl (C=O) groups is 1. The molecule has 0 saturated carbocycles. The van der Waals surface area contributed by atoms with E-state index in [9.17, 15) is 4.79 Å². The van der Waals surface area contributed by atoms with Crippen LogP contribution in [0.15, 0.2) is 52.7 Å². The quantitative estimate of drug-likeness (QED) is 0.870. The third-order valence-electron chi connectivity index (χ3n) is 5.01. The topological polar surface area (TPSA) is 60.2 Å². The molecule has 2 aromatic carbocycles. The van der Waals surface area contributed by atoms with Gasteiger partial charge in [0, 0.05) is 17.9 Å². The number of ketones is 1. The fourth-order valence-corrected chi connectivity index (χ4v) is 3.78. The first-order valence-corrected chi connectivity index (χ1v) is 7.93. The fraction of sp³-hybridized carbons (Fsp3) is 0.316. The number of Topliss-reactive ketones (excluding diaryl/α,β-unsaturated/α-hetero) is 1. The number of ether oxygens (including phenoxy) is 2. The summed E-state index contributed by atoms with van der Waals surface area (Å²) in [6.07, 6.45) is 0.602. The molecule has 1 aliphatic heterocycles. The SMILES string of the molecule is COc1ccc([C@@H]2CN=N[C@@]23Cc2ccccc2C3=O)cc1OC. The minimum atomic E-state index is -0.816. The van der Waals surface area contributed by atoms with E-state index in [4.69, 9.17) is 9.47 Å². The standard InChI is InChI=1S/C19H18N2O3/c1-23-16-8-7-12(9-17(16)24-2)15-11-20-21-19(15)10-13-5-3-4-6-14(13)18(19)22/h3-9,15H,10-11H2,1-2H3/t15-,19-/m0/s1. The third-order valence-corrected chi connectivity index (χ3v) is 5.01. The molecule has 0 N–H and O–H groups in total. The van der Waals surface area contributed by atoms with Crippen molar-refractivity contribution in [3.63, 3.8) is 0 Å². The number of rotatable bonds is 3. The van der Waals surface area contributed by atoms with Crippen molar-refractivity contribution in [1.29, 1.82) is 0 Å². The Morgan fingerprint density at radius 1 is 1.08 bits per heavy atom. The van der Waals surface area contributed by atoms with Crippen LogP contribution in [0.3, 0.4) is 0 Å². The largest absolute Gasteiger partial charge is 0.493 e. The molecule has 24 heavy (non-hydrogen) atoms. The summed E-state index contributed by atoms with van der Waals surface area (Å²) >= 11 is 0. The molecule has 0 saturated heterocycles. The molecule has 1 heterocycles. The second-order valence-electron chi connectivity index (χ2n) is 6.18. The molecule has 0 aromatic heterocycles. The lowest BCUT2D eigenvalue weighted by atomic mass is 9.78. The van der Waals surface area contributed by atoms with Gasteiger partial charge in [-0.1, -0.05) is 30.3 Å². The van der Waals surface area contributed by atoms with Crippen molar-refractivity contribution in [2.75, 3.05) is 20.8 Å². The van der Waals surface area contributed by atoms with Crippen LogP contribution in [0, 0.1) is 0 Å². The number of benzene rings is 2. The minimum Gasteiger partial charge on any atom is -0.493 e. The molecule has 1 spiro atoms. The van der Waals surface area contributed by atoms with Crippen molar-refractivity contribution in [2.24, 2.45) is 10.2 Å². The zero-order valence-corrected chi connectivity index (χ0v) is 13.7. The predicted molar refractivity (Wildman–Crippen MR) is 89.2 cm³/mol. The molecule has 5 nitrogen and oxygen atoms in total. The maximum absolute atomic E-state index is 13.1. The molecule has 4 rings (SSSR count). The van der Waals surface area contributed by atoms with Gasteiger partial charge >= 0.3 is 0 Å². The summed E-state index contributed by atoms with van der Waals surface area (Å²) < 4.78 is 10.7. The highest BCUT2D eigenvalue weighted by molar-refractivity contribution is 6.08. The number of hydrogen-bond donors (Lipinski definition) is 0. The number of hydrogen-bond acceptors (Lipinski definition) is 5. The Bertz CT molecular complexity index is 846. The fourth-order valence-electron chi connectivity index (χ4n) is 3.78. The Morgan fingerprint density at radius 2 is 1.88 bits per heavy atom. The Labute approximate surface area is 140 Å². The summed E-state index contributed by atoms with van der Waals surface area (Å²) in [5.41, 5.74) is 2.00. The zero-order valence-electron chi connectivity index (χ0n) is 13.7. The first kappa shape index (κ1) is 14.9. The van der Waals surface area contributed by atoms with Gasteiger partial charge in [-0.15, -0.1) is 0 Å². The van der Waals surface area contributed by atoms with Gasteiger partial charge in [0.15, 0.2) is 22.8 Å². The van der Waals surface area contributed by atoms with Gasteiger partial charge < -0.3 is 9.47 Å². The monoisotopic (exact) mass is 322 g/mol. The van der Waals surface area contributed by atoms with E-state index in [2.05, 4.69) is 10.2 Å². The molecular formula is C19H18N2O3. The van der Waals surface area contributed by atoms with E-state index < -0.39 is 5.54 Å². The second-order valence-corrected chi connectivity index (χ2v) is 6.18. The summed E-state index contributed by atoms with van der Waals surface area (Å²) in [6.45, 7) is 0.509. The van der Waals surface area contributed by atoms with E-state index in [1.807, 2.05) is 42.5 Å². The van der Waals surface area contributed by atoms with Crippen molar-refractivity contribution in [3.8, 4) is 11.5 Å². The van der Waals surface area contributed by atoms with Crippen molar-refractivity contribution in [2.45, 2.75) is 17.9 Å². The molecule has 122 valence electrons.